The van der Waals surface area contributed by atoms with E-state index in [1.807, 2.05) is 17.0 Å². The Bertz CT molecular complexity index is 541. The van der Waals surface area contributed by atoms with E-state index in [4.69, 9.17) is 0 Å². The SMILES string of the molecule is O=C(N1CC2(CCCC2)c2ccccc21)C1(O)CC1. The molecular weight excluding hydrogens is 238 g/mol. The van der Waals surface area contributed by atoms with Gasteiger partial charge in [-0.05, 0) is 37.3 Å². The fourth-order valence-electron chi connectivity index (χ4n) is 3.87. The number of carbonyl (C=O) groups excluding carboxylic acids is 1. The molecule has 1 aliphatic heterocycles. The summed E-state index contributed by atoms with van der Waals surface area (Å²) in [4.78, 5) is 14.4. The highest BCUT2D eigenvalue weighted by Crippen LogP contribution is 2.52. The predicted molar refractivity (Wildman–Crippen MR) is 73.1 cm³/mol. The average Bonchev–Trinajstić information content (AvgIpc) is 2.91. The van der Waals surface area contributed by atoms with Gasteiger partial charge in [0, 0.05) is 17.6 Å². The molecule has 0 saturated heterocycles. The van der Waals surface area contributed by atoms with Crippen LogP contribution in [0.15, 0.2) is 24.3 Å². The summed E-state index contributed by atoms with van der Waals surface area (Å²) in [7, 11) is 0. The van der Waals surface area contributed by atoms with Crippen molar-refractivity contribution in [2.75, 3.05) is 11.4 Å². The first kappa shape index (κ1) is 11.5. The number of fused-ring (bicyclic) bond motifs is 2. The predicted octanol–water partition coefficient (Wildman–Crippen LogP) is 2.37. The van der Waals surface area contributed by atoms with E-state index in [-0.39, 0.29) is 11.3 Å². The fourth-order valence-corrected chi connectivity index (χ4v) is 3.87. The quantitative estimate of drug-likeness (QED) is 0.839. The lowest BCUT2D eigenvalue weighted by Crippen LogP contribution is -2.42. The van der Waals surface area contributed by atoms with E-state index in [0.717, 1.165) is 12.2 Å². The number of carbonyl (C=O) groups is 1. The largest absolute Gasteiger partial charge is 0.380 e. The van der Waals surface area contributed by atoms with Crippen LogP contribution in [0.2, 0.25) is 0 Å². The number of nitrogens with zero attached hydrogens (tertiary/aromatic N) is 1. The van der Waals surface area contributed by atoms with Crippen LogP contribution in [0.5, 0.6) is 0 Å². The molecular formula is C16H19NO2. The number of benzene rings is 1. The molecule has 3 heteroatoms. The molecule has 0 radical (unpaired) electrons. The Hall–Kier alpha value is -1.35. The van der Waals surface area contributed by atoms with Crippen LogP contribution in [0.1, 0.15) is 44.1 Å². The van der Waals surface area contributed by atoms with Crippen molar-refractivity contribution >= 4 is 11.6 Å². The molecule has 1 amide bonds. The minimum absolute atomic E-state index is 0.0799. The summed E-state index contributed by atoms with van der Waals surface area (Å²) in [5.41, 5.74) is 1.47. The third-order valence-electron chi connectivity index (χ3n) is 5.15. The molecule has 3 nitrogen and oxygen atoms in total. The van der Waals surface area contributed by atoms with E-state index < -0.39 is 5.60 Å². The van der Waals surface area contributed by atoms with E-state index >= 15 is 0 Å². The molecule has 3 aliphatic rings. The number of hydrogen-bond donors (Lipinski definition) is 1. The lowest BCUT2D eigenvalue weighted by Gasteiger charge is -2.25. The minimum atomic E-state index is -1.06. The summed E-state index contributed by atoms with van der Waals surface area (Å²) in [6.45, 7) is 0.771. The Morgan fingerprint density at radius 1 is 1.11 bits per heavy atom. The molecule has 1 aromatic rings. The molecule has 2 aliphatic carbocycles. The van der Waals surface area contributed by atoms with E-state index in [1.54, 1.807) is 0 Å². The third kappa shape index (κ3) is 1.51. The Kier molecular flexibility index (Phi) is 2.17. The fraction of sp³-hybridized carbons (Fsp3) is 0.562. The maximum atomic E-state index is 12.5. The average molecular weight is 257 g/mol. The van der Waals surface area contributed by atoms with Gasteiger partial charge in [0.15, 0.2) is 0 Å². The van der Waals surface area contributed by atoms with Gasteiger partial charge in [-0.1, -0.05) is 31.0 Å². The van der Waals surface area contributed by atoms with Crippen molar-refractivity contribution in [3.8, 4) is 0 Å². The van der Waals surface area contributed by atoms with Crippen molar-refractivity contribution in [1.29, 1.82) is 0 Å². The van der Waals surface area contributed by atoms with Gasteiger partial charge in [-0.3, -0.25) is 4.79 Å². The van der Waals surface area contributed by atoms with Crippen molar-refractivity contribution in [2.24, 2.45) is 0 Å². The molecule has 19 heavy (non-hydrogen) atoms. The highest BCUT2D eigenvalue weighted by atomic mass is 16.3. The summed E-state index contributed by atoms with van der Waals surface area (Å²) >= 11 is 0. The smallest absolute Gasteiger partial charge is 0.258 e. The zero-order valence-electron chi connectivity index (χ0n) is 11.1. The van der Waals surface area contributed by atoms with Gasteiger partial charge in [0.25, 0.3) is 5.91 Å². The molecule has 0 unspecified atom stereocenters. The number of aliphatic hydroxyl groups is 1. The number of anilines is 1. The van der Waals surface area contributed by atoms with Gasteiger partial charge in [0.2, 0.25) is 0 Å². The first-order valence-electron chi connectivity index (χ1n) is 7.29. The minimum Gasteiger partial charge on any atom is -0.380 e. The molecule has 0 atom stereocenters. The van der Waals surface area contributed by atoms with Gasteiger partial charge in [-0.15, -0.1) is 0 Å². The van der Waals surface area contributed by atoms with Crippen LogP contribution < -0.4 is 4.90 Å². The standard InChI is InChI=1S/C16H19NO2/c18-14(16(19)9-10-16)17-11-15(7-3-4-8-15)12-5-1-2-6-13(12)17/h1-2,5-6,19H,3-4,7-11H2. The normalized spacial score (nSPS) is 25.6. The summed E-state index contributed by atoms with van der Waals surface area (Å²) < 4.78 is 0. The molecule has 1 N–H and O–H groups in total. The van der Waals surface area contributed by atoms with E-state index in [1.165, 1.54) is 31.2 Å². The molecule has 1 spiro atoms. The van der Waals surface area contributed by atoms with Crippen LogP contribution in [0, 0.1) is 0 Å². The zero-order chi connectivity index (χ0) is 13.1. The van der Waals surface area contributed by atoms with Crippen LogP contribution in [0.25, 0.3) is 0 Å². The molecule has 1 aromatic carbocycles. The highest BCUT2D eigenvalue weighted by Gasteiger charge is 2.54. The first-order chi connectivity index (χ1) is 9.15. The van der Waals surface area contributed by atoms with Crippen LogP contribution in [-0.4, -0.2) is 23.2 Å². The molecule has 2 fully saturated rings. The Labute approximate surface area is 113 Å². The van der Waals surface area contributed by atoms with Crippen molar-refractivity contribution in [3.05, 3.63) is 29.8 Å². The van der Waals surface area contributed by atoms with Crippen LogP contribution in [-0.2, 0) is 10.2 Å². The number of para-hydroxylation sites is 1. The molecule has 0 aromatic heterocycles. The van der Waals surface area contributed by atoms with Crippen molar-refractivity contribution in [3.63, 3.8) is 0 Å². The van der Waals surface area contributed by atoms with Crippen molar-refractivity contribution < 1.29 is 9.90 Å². The Balaban J connectivity index is 1.77. The molecule has 1 heterocycles. The Morgan fingerprint density at radius 2 is 1.79 bits per heavy atom. The highest BCUT2D eigenvalue weighted by molar-refractivity contribution is 6.03. The summed E-state index contributed by atoms with van der Waals surface area (Å²) in [6, 6.07) is 8.26. The zero-order valence-corrected chi connectivity index (χ0v) is 11.1. The van der Waals surface area contributed by atoms with Gasteiger partial charge in [-0.25, -0.2) is 0 Å². The van der Waals surface area contributed by atoms with Gasteiger partial charge in [0.05, 0.1) is 0 Å². The van der Waals surface area contributed by atoms with Gasteiger partial charge < -0.3 is 10.0 Å². The second-order valence-corrected chi connectivity index (χ2v) is 6.43. The second kappa shape index (κ2) is 3.60. The maximum absolute atomic E-state index is 12.5. The van der Waals surface area contributed by atoms with E-state index in [2.05, 4.69) is 12.1 Å². The van der Waals surface area contributed by atoms with E-state index in [9.17, 15) is 9.90 Å². The molecule has 2 saturated carbocycles. The van der Waals surface area contributed by atoms with Crippen molar-refractivity contribution in [2.45, 2.75) is 49.5 Å². The van der Waals surface area contributed by atoms with Gasteiger partial charge in [-0.2, -0.15) is 0 Å². The van der Waals surface area contributed by atoms with Crippen LogP contribution in [0.4, 0.5) is 5.69 Å². The molecule has 0 bridgehead atoms. The number of rotatable bonds is 1. The van der Waals surface area contributed by atoms with E-state index in [0.29, 0.717) is 12.8 Å². The lowest BCUT2D eigenvalue weighted by atomic mass is 9.81. The maximum Gasteiger partial charge on any atom is 0.258 e. The van der Waals surface area contributed by atoms with Gasteiger partial charge in [0.1, 0.15) is 5.60 Å². The second-order valence-electron chi connectivity index (χ2n) is 6.43. The molecule has 4 rings (SSSR count). The third-order valence-corrected chi connectivity index (χ3v) is 5.15. The Morgan fingerprint density at radius 3 is 2.47 bits per heavy atom. The summed E-state index contributed by atoms with van der Waals surface area (Å²) in [5, 5.41) is 10.1. The number of amides is 1. The molecule has 100 valence electrons. The summed E-state index contributed by atoms with van der Waals surface area (Å²) in [5.74, 6) is -0.0799. The van der Waals surface area contributed by atoms with Crippen LogP contribution >= 0.6 is 0 Å². The van der Waals surface area contributed by atoms with Crippen LogP contribution in [0.3, 0.4) is 0 Å². The topological polar surface area (TPSA) is 40.5 Å². The van der Waals surface area contributed by atoms with Crippen molar-refractivity contribution in [1.82, 2.24) is 0 Å². The summed E-state index contributed by atoms with van der Waals surface area (Å²) in [6.07, 6.45) is 6.09. The lowest BCUT2D eigenvalue weighted by molar-refractivity contribution is -0.128. The number of hydrogen-bond acceptors (Lipinski definition) is 2. The first-order valence-corrected chi connectivity index (χ1v) is 7.29. The van der Waals surface area contributed by atoms with Gasteiger partial charge >= 0.3 is 0 Å². The monoisotopic (exact) mass is 257 g/mol.